The van der Waals surface area contributed by atoms with E-state index in [9.17, 15) is 5.11 Å². The van der Waals surface area contributed by atoms with Gasteiger partial charge in [0.25, 0.3) is 0 Å². The van der Waals surface area contributed by atoms with Crippen molar-refractivity contribution in [3.63, 3.8) is 0 Å². The van der Waals surface area contributed by atoms with Gasteiger partial charge < -0.3 is 9.63 Å². The van der Waals surface area contributed by atoms with E-state index < -0.39 is 0 Å². The first-order valence-corrected chi connectivity index (χ1v) is 6.45. The van der Waals surface area contributed by atoms with Gasteiger partial charge in [-0.3, -0.25) is 9.88 Å². The van der Waals surface area contributed by atoms with Gasteiger partial charge in [-0.25, -0.2) is 0 Å². The molecule has 3 rings (SSSR count). The minimum absolute atomic E-state index is 0.164. The molecule has 2 aromatic heterocycles. The number of likely N-dealkylation sites (tertiary alicyclic amines) is 1. The van der Waals surface area contributed by atoms with Crippen LogP contribution in [0.1, 0.15) is 18.7 Å². The second-order valence-corrected chi connectivity index (χ2v) is 4.73. The van der Waals surface area contributed by atoms with Crippen LogP contribution < -0.4 is 0 Å². The lowest BCUT2D eigenvalue weighted by Gasteiger charge is -2.27. The van der Waals surface area contributed by atoms with Crippen LogP contribution >= 0.6 is 0 Å². The van der Waals surface area contributed by atoms with Crippen molar-refractivity contribution in [2.24, 2.45) is 0 Å². The first-order chi connectivity index (χ1) is 9.31. The van der Waals surface area contributed by atoms with Gasteiger partial charge in [0.05, 0.1) is 12.6 Å². The number of piperidine rings is 1. The number of aliphatic hydroxyl groups excluding tert-OH is 1. The smallest absolute Gasteiger partial charge is 0.241 e. The molecule has 0 aromatic carbocycles. The van der Waals surface area contributed by atoms with Gasteiger partial charge in [0.2, 0.25) is 11.7 Å². The minimum atomic E-state index is -0.164. The van der Waals surface area contributed by atoms with Crippen molar-refractivity contribution in [1.29, 1.82) is 0 Å². The molecule has 1 aliphatic rings. The summed E-state index contributed by atoms with van der Waals surface area (Å²) in [7, 11) is 0. The number of rotatable bonds is 3. The van der Waals surface area contributed by atoms with Crippen LogP contribution in [0.15, 0.2) is 28.9 Å². The summed E-state index contributed by atoms with van der Waals surface area (Å²) in [5.41, 5.74) is 0.714. The lowest BCUT2D eigenvalue weighted by atomic mass is 10.1. The average Bonchev–Trinajstić information content (AvgIpc) is 2.91. The van der Waals surface area contributed by atoms with Gasteiger partial charge in [0.15, 0.2) is 0 Å². The molecule has 1 aliphatic heterocycles. The molecule has 0 atom stereocenters. The molecular formula is C13H16N4O2. The Morgan fingerprint density at radius 2 is 2.16 bits per heavy atom. The highest BCUT2D eigenvalue weighted by Gasteiger charge is 2.19. The Hall–Kier alpha value is -1.79. The van der Waals surface area contributed by atoms with Crippen LogP contribution in [-0.2, 0) is 6.54 Å². The Kier molecular flexibility index (Phi) is 3.52. The van der Waals surface area contributed by atoms with E-state index in [0.29, 0.717) is 24.0 Å². The molecule has 6 nitrogen and oxygen atoms in total. The van der Waals surface area contributed by atoms with E-state index in [0.717, 1.165) is 25.9 Å². The quantitative estimate of drug-likeness (QED) is 0.890. The zero-order chi connectivity index (χ0) is 13.1. The number of hydrogen-bond donors (Lipinski definition) is 1. The van der Waals surface area contributed by atoms with Crippen molar-refractivity contribution in [2.45, 2.75) is 25.5 Å². The normalized spacial score (nSPS) is 17.7. The third-order valence-electron chi connectivity index (χ3n) is 3.28. The van der Waals surface area contributed by atoms with Gasteiger partial charge in [-0.2, -0.15) is 4.98 Å². The van der Waals surface area contributed by atoms with Crippen LogP contribution in [-0.4, -0.2) is 44.3 Å². The van der Waals surface area contributed by atoms with Crippen LogP contribution in [0.4, 0.5) is 0 Å². The van der Waals surface area contributed by atoms with Crippen molar-refractivity contribution < 1.29 is 9.63 Å². The Labute approximate surface area is 111 Å². The molecule has 3 heterocycles. The summed E-state index contributed by atoms with van der Waals surface area (Å²) in [6.45, 7) is 2.36. The first kappa shape index (κ1) is 12.3. The van der Waals surface area contributed by atoms with Gasteiger partial charge in [-0.05, 0) is 25.0 Å². The zero-order valence-corrected chi connectivity index (χ0v) is 10.6. The lowest BCUT2D eigenvalue weighted by Crippen LogP contribution is -2.35. The standard InChI is InChI=1S/C13H16N4O2/c18-10-4-7-17(8-5-10)9-12-15-13(16-19-12)11-3-1-2-6-14-11/h1-3,6,10,18H,4-5,7-9H2. The highest BCUT2D eigenvalue weighted by molar-refractivity contribution is 5.46. The molecule has 1 fully saturated rings. The number of nitrogens with zero attached hydrogens (tertiary/aromatic N) is 4. The maximum absolute atomic E-state index is 9.46. The molecule has 6 heteroatoms. The van der Waals surface area contributed by atoms with Gasteiger partial charge in [0, 0.05) is 19.3 Å². The summed E-state index contributed by atoms with van der Waals surface area (Å²) >= 11 is 0. The van der Waals surface area contributed by atoms with E-state index in [1.807, 2.05) is 18.2 Å². The molecule has 0 aliphatic carbocycles. The third-order valence-corrected chi connectivity index (χ3v) is 3.28. The number of pyridine rings is 1. The predicted octanol–water partition coefficient (Wildman–Crippen LogP) is 1.09. The zero-order valence-electron chi connectivity index (χ0n) is 10.6. The van der Waals surface area contributed by atoms with E-state index in [-0.39, 0.29) is 6.10 Å². The number of hydrogen-bond acceptors (Lipinski definition) is 6. The molecule has 0 radical (unpaired) electrons. The fraction of sp³-hybridized carbons (Fsp3) is 0.462. The van der Waals surface area contributed by atoms with Crippen LogP contribution in [0.5, 0.6) is 0 Å². The highest BCUT2D eigenvalue weighted by Crippen LogP contribution is 2.15. The van der Waals surface area contributed by atoms with Gasteiger partial charge in [-0.1, -0.05) is 11.2 Å². The fourth-order valence-corrected chi connectivity index (χ4v) is 2.19. The highest BCUT2D eigenvalue weighted by atomic mass is 16.5. The molecule has 0 amide bonds. The van der Waals surface area contributed by atoms with Crippen LogP contribution in [0, 0.1) is 0 Å². The Morgan fingerprint density at radius 3 is 2.89 bits per heavy atom. The van der Waals surface area contributed by atoms with Crippen molar-refractivity contribution >= 4 is 0 Å². The average molecular weight is 260 g/mol. The molecule has 0 spiro atoms. The third kappa shape index (κ3) is 2.97. The summed E-state index contributed by atoms with van der Waals surface area (Å²) in [4.78, 5) is 10.7. The Balaban J connectivity index is 1.65. The van der Waals surface area contributed by atoms with E-state index in [1.54, 1.807) is 6.20 Å². The molecule has 2 aromatic rings. The summed E-state index contributed by atoms with van der Waals surface area (Å²) in [6.07, 6.45) is 3.16. The first-order valence-electron chi connectivity index (χ1n) is 6.45. The lowest BCUT2D eigenvalue weighted by molar-refractivity contribution is 0.0740. The molecule has 0 bridgehead atoms. The predicted molar refractivity (Wildman–Crippen MR) is 68.0 cm³/mol. The number of aliphatic hydroxyl groups is 1. The van der Waals surface area contributed by atoms with E-state index in [2.05, 4.69) is 20.0 Å². The van der Waals surface area contributed by atoms with Crippen LogP contribution in [0.3, 0.4) is 0 Å². The van der Waals surface area contributed by atoms with E-state index in [4.69, 9.17) is 4.52 Å². The molecule has 19 heavy (non-hydrogen) atoms. The molecule has 0 unspecified atom stereocenters. The minimum Gasteiger partial charge on any atom is -0.393 e. The molecular weight excluding hydrogens is 244 g/mol. The SMILES string of the molecule is OC1CCN(Cc2nc(-c3ccccn3)no2)CC1. The van der Waals surface area contributed by atoms with Crippen LogP contribution in [0.25, 0.3) is 11.5 Å². The summed E-state index contributed by atoms with van der Waals surface area (Å²) in [5.74, 6) is 1.12. The maximum atomic E-state index is 9.46. The van der Waals surface area contributed by atoms with Crippen molar-refractivity contribution in [3.8, 4) is 11.5 Å². The molecule has 1 saturated heterocycles. The Morgan fingerprint density at radius 1 is 1.32 bits per heavy atom. The largest absolute Gasteiger partial charge is 0.393 e. The maximum Gasteiger partial charge on any atom is 0.241 e. The topological polar surface area (TPSA) is 75.3 Å². The molecule has 1 N–H and O–H groups in total. The van der Waals surface area contributed by atoms with Gasteiger partial charge >= 0.3 is 0 Å². The van der Waals surface area contributed by atoms with E-state index in [1.165, 1.54) is 0 Å². The summed E-state index contributed by atoms with van der Waals surface area (Å²) in [5, 5.41) is 13.4. The molecule has 100 valence electrons. The fourth-order valence-electron chi connectivity index (χ4n) is 2.19. The second-order valence-electron chi connectivity index (χ2n) is 4.73. The van der Waals surface area contributed by atoms with Crippen molar-refractivity contribution in [2.75, 3.05) is 13.1 Å². The van der Waals surface area contributed by atoms with Crippen molar-refractivity contribution in [1.82, 2.24) is 20.0 Å². The summed E-state index contributed by atoms with van der Waals surface area (Å²) < 4.78 is 5.24. The monoisotopic (exact) mass is 260 g/mol. The van der Waals surface area contributed by atoms with E-state index >= 15 is 0 Å². The van der Waals surface area contributed by atoms with Crippen LogP contribution in [0.2, 0.25) is 0 Å². The van der Waals surface area contributed by atoms with Crippen molar-refractivity contribution in [3.05, 3.63) is 30.3 Å². The van der Waals surface area contributed by atoms with Gasteiger partial charge in [-0.15, -0.1) is 0 Å². The Bertz CT molecular complexity index is 520. The summed E-state index contributed by atoms with van der Waals surface area (Å²) in [6, 6.07) is 5.60. The van der Waals surface area contributed by atoms with Gasteiger partial charge in [0.1, 0.15) is 5.69 Å². The number of aromatic nitrogens is 3. The second kappa shape index (κ2) is 5.46. The molecule has 0 saturated carbocycles.